The molecule has 0 unspecified atom stereocenters. The average Bonchev–Trinajstić information content (AvgIpc) is 2.29. The van der Waals surface area contributed by atoms with E-state index in [-0.39, 0.29) is 0 Å². The molecule has 17 heavy (non-hydrogen) atoms. The molecule has 0 atom stereocenters. The number of hydrogen-bond donors (Lipinski definition) is 0. The summed E-state index contributed by atoms with van der Waals surface area (Å²) in [5.74, 6) is 0. The Hall–Kier alpha value is -1.48. The molecule has 0 saturated carbocycles. The zero-order valence-electron chi connectivity index (χ0n) is 8.55. The summed E-state index contributed by atoms with van der Waals surface area (Å²) in [6.45, 7) is 0. The quantitative estimate of drug-likeness (QED) is 0.685. The van der Waals surface area contributed by atoms with Gasteiger partial charge in [-0.2, -0.15) is 13.2 Å². The van der Waals surface area contributed by atoms with Crippen LogP contribution in [0.25, 0.3) is 11.1 Å². The molecule has 0 spiro atoms. The normalized spacial score (nSPS) is 11.5. The van der Waals surface area contributed by atoms with Gasteiger partial charge in [0.2, 0.25) is 0 Å². The van der Waals surface area contributed by atoms with E-state index >= 15 is 0 Å². The molecule has 0 nitrogen and oxygen atoms in total. The molecule has 0 heterocycles. The summed E-state index contributed by atoms with van der Waals surface area (Å²) in [6.07, 6.45) is -4.36. The molecular weight excluding hydrogens is 249 g/mol. The lowest BCUT2D eigenvalue weighted by Gasteiger charge is -2.09. The van der Waals surface area contributed by atoms with Gasteiger partial charge in [-0.05, 0) is 29.8 Å². The van der Waals surface area contributed by atoms with Gasteiger partial charge in [-0.3, -0.25) is 0 Å². The first-order chi connectivity index (χ1) is 7.98. The molecule has 0 aromatic heterocycles. The number of benzene rings is 2. The molecule has 0 bridgehead atoms. The molecule has 0 aliphatic heterocycles. The fourth-order valence-corrected chi connectivity index (χ4v) is 1.72. The van der Waals surface area contributed by atoms with Crippen LogP contribution in [0.4, 0.5) is 13.2 Å². The van der Waals surface area contributed by atoms with Crippen molar-refractivity contribution in [2.75, 3.05) is 0 Å². The number of alkyl halides is 3. The van der Waals surface area contributed by atoms with E-state index in [0.717, 1.165) is 12.1 Å². The third-order valence-corrected chi connectivity index (χ3v) is 2.62. The van der Waals surface area contributed by atoms with Crippen molar-refractivity contribution >= 4 is 11.6 Å². The molecule has 0 aliphatic carbocycles. The SMILES string of the molecule is FC(F)(F)c1cc[c]c(-c2ccccc2Cl)c1. The molecular formula is C13H7ClF3. The summed E-state index contributed by atoms with van der Waals surface area (Å²) in [4.78, 5) is 0. The third kappa shape index (κ3) is 2.61. The minimum atomic E-state index is -4.36. The summed E-state index contributed by atoms with van der Waals surface area (Å²) in [5.41, 5.74) is 0.178. The molecule has 4 heteroatoms. The second-order valence-corrected chi connectivity index (χ2v) is 3.88. The van der Waals surface area contributed by atoms with Gasteiger partial charge in [0.05, 0.1) is 5.56 Å². The highest BCUT2D eigenvalue weighted by molar-refractivity contribution is 6.33. The topological polar surface area (TPSA) is 0 Å². The second kappa shape index (κ2) is 4.41. The lowest BCUT2D eigenvalue weighted by Crippen LogP contribution is -2.04. The average molecular weight is 256 g/mol. The van der Waals surface area contributed by atoms with Crippen molar-refractivity contribution in [3.05, 3.63) is 59.1 Å². The zero-order valence-corrected chi connectivity index (χ0v) is 9.31. The van der Waals surface area contributed by atoms with Crippen molar-refractivity contribution in [3.8, 4) is 11.1 Å². The smallest absolute Gasteiger partial charge is 0.166 e. The van der Waals surface area contributed by atoms with Crippen molar-refractivity contribution in [2.45, 2.75) is 6.18 Å². The Morgan fingerprint density at radius 3 is 2.41 bits per heavy atom. The van der Waals surface area contributed by atoms with Crippen LogP contribution in [0.2, 0.25) is 5.02 Å². The van der Waals surface area contributed by atoms with Crippen molar-refractivity contribution in [1.82, 2.24) is 0 Å². The van der Waals surface area contributed by atoms with Crippen LogP contribution in [0.15, 0.2) is 42.5 Å². The molecule has 2 rings (SSSR count). The molecule has 0 amide bonds. The Kier molecular flexibility index (Phi) is 3.11. The van der Waals surface area contributed by atoms with Gasteiger partial charge in [0.15, 0.2) is 0 Å². The van der Waals surface area contributed by atoms with Gasteiger partial charge < -0.3 is 0 Å². The Labute approximate surface area is 102 Å². The van der Waals surface area contributed by atoms with Crippen molar-refractivity contribution in [3.63, 3.8) is 0 Å². The summed E-state index contributed by atoms with van der Waals surface area (Å²) in [5, 5.41) is 0.406. The zero-order chi connectivity index (χ0) is 12.5. The first-order valence-corrected chi connectivity index (χ1v) is 5.20. The van der Waals surface area contributed by atoms with Crippen LogP contribution < -0.4 is 0 Å². The molecule has 0 saturated heterocycles. The summed E-state index contributed by atoms with van der Waals surface area (Å²) < 4.78 is 37.6. The van der Waals surface area contributed by atoms with Crippen LogP contribution in [-0.4, -0.2) is 0 Å². The minimum Gasteiger partial charge on any atom is -0.166 e. The van der Waals surface area contributed by atoms with Gasteiger partial charge in [-0.1, -0.05) is 35.9 Å². The highest BCUT2D eigenvalue weighted by Crippen LogP contribution is 2.33. The number of halogens is 4. The van der Waals surface area contributed by atoms with Gasteiger partial charge in [0.25, 0.3) is 0 Å². The maximum atomic E-state index is 12.5. The van der Waals surface area contributed by atoms with E-state index in [1.807, 2.05) is 0 Å². The van der Waals surface area contributed by atoms with E-state index in [4.69, 9.17) is 11.6 Å². The van der Waals surface area contributed by atoms with Crippen LogP contribution in [-0.2, 0) is 6.18 Å². The molecule has 0 N–H and O–H groups in total. The molecule has 1 radical (unpaired) electrons. The van der Waals surface area contributed by atoms with Crippen LogP contribution in [0, 0.1) is 6.07 Å². The maximum absolute atomic E-state index is 12.5. The Morgan fingerprint density at radius 1 is 1.06 bits per heavy atom. The van der Waals surface area contributed by atoms with Gasteiger partial charge in [0, 0.05) is 10.6 Å². The number of hydrogen-bond acceptors (Lipinski definition) is 0. The van der Waals surface area contributed by atoms with Crippen molar-refractivity contribution in [1.29, 1.82) is 0 Å². The molecule has 87 valence electrons. The fourth-order valence-electron chi connectivity index (χ4n) is 1.48. The summed E-state index contributed by atoms with van der Waals surface area (Å²) >= 11 is 5.92. The lowest BCUT2D eigenvalue weighted by atomic mass is 10.0. The standard InChI is InChI=1S/C13H7ClF3/c14-12-7-2-1-6-11(12)9-4-3-5-10(8-9)13(15,16)17/h1-3,5-8H. The van der Waals surface area contributed by atoms with Gasteiger partial charge in [-0.25, -0.2) is 0 Å². The number of rotatable bonds is 1. The Bertz CT molecular complexity index is 532. The van der Waals surface area contributed by atoms with Gasteiger partial charge in [0.1, 0.15) is 0 Å². The van der Waals surface area contributed by atoms with Crippen molar-refractivity contribution < 1.29 is 13.2 Å². The summed E-state index contributed by atoms with van der Waals surface area (Å²) in [6, 6.07) is 12.8. The Balaban J connectivity index is 2.51. The van der Waals surface area contributed by atoms with Crippen LogP contribution >= 0.6 is 11.6 Å². The van der Waals surface area contributed by atoms with E-state index < -0.39 is 11.7 Å². The highest BCUT2D eigenvalue weighted by Gasteiger charge is 2.30. The minimum absolute atomic E-state index is 0.338. The van der Waals surface area contributed by atoms with Crippen molar-refractivity contribution in [2.24, 2.45) is 0 Å². The van der Waals surface area contributed by atoms with E-state index in [9.17, 15) is 13.2 Å². The van der Waals surface area contributed by atoms with E-state index in [1.54, 1.807) is 24.3 Å². The fraction of sp³-hybridized carbons (Fsp3) is 0.0769. The van der Waals surface area contributed by atoms with E-state index in [0.29, 0.717) is 16.1 Å². The van der Waals surface area contributed by atoms with Gasteiger partial charge >= 0.3 is 6.18 Å². The predicted molar refractivity (Wildman–Crippen MR) is 60.7 cm³/mol. The Morgan fingerprint density at radius 2 is 1.76 bits per heavy atom. The first-order valence-electron chi connectivity index (χ1n) is 4.82. The largest absolute Gasteiger partial charge is 0.416 e. The van der Waals surface area contributed by atoms with Gasteiger partial charge in [-0.15, -0.1) is 0 Å². The molecule has 2 aromatic carbocycles. The second-order valence-electron chi connectivity index (χ2n) is 3.47. The summed E-state index contributed by atoms with van der Waals surface area (Å²) in [7, 11) is 0. The van der Waals surface area contributed by atoms with Crippen LogP contribution in [0.3, 0.4) is 0 Å². The lowest BCUT2D eigenvalue weighted by molar-refractivity contribution is -0.137. The highest BCUT2D eigenvalue weighted by atomic mass is 35.5. The van der Waals surface area contributed by atoms with Crippen LogP contribution in [0.5, 0.6) is 0 Å². The third-order valence-electron chi connectivity index (χ3n) is 2.29. The van der Waals surface area contributed by atoms with Crippen LogP contribution in [0.1, 0.15) is 5.56 Å². The predicted octanol–water partition coefficient (Wildman–Crippen LogP) is 4.83. The monoisotopic (exact) mass is 255 g/mol. The molecule has 0 fully saturated rings. The maximum Gasteiger partial charge on any atom is 0.416 e. The molecule has 2 aromatic rings. The van der Waals surface area contributed by atoms with E-state index in [1.165, 1.54) is 6.07 Å². The van der Waals surface area contributed by atoms with E-state index in [2.05, 4.69) is 6.07 Å². The first kappa shape index (κ1) is 12.0. The molecule has 0 aliphatic rings.